The van der Waals surface area contributed by atoms with Crippen molar-refractivity contribution in [1.82, 2.24) is 0 Å². The van der Waals surface area contributed by atoms with Gasteiger partial charge >= 0.3 is 12.1 Å². The molecule has 0 radical (unpaired) electrons. The number of carbonyl (C=O) groups is 1. The lowest BCUT2D eigenvalue weighted by Crippen LogP contribution is -2.34. The maximum Gasteiger partial charge on any atom is 0.425 e. The number of hydrogen-bond acceptors (Lipinski definition) is 2. The van der Waals surface area contributed by atoms with E-state index in [-0.39, 0.29) is 6.42 Å². The maximum absolute atomic E-state index is 12.5. The van der Waals surface area contributed by atoms with Gasteiger partial charge in [-0.2, -0.15) is 13.2 Å². The smallest absolute Gasteiger partial charge is 0.425 e. The predicted octanol–water partition coefficient (Wildman–Crippen LogP) is 4.45. The molecule has 0 fully saturated rings. The Labute approximate surface area is 111 Å². The Bertz CT molecular complexity index is 232. The van der Waals surface area contributed by atoms with E-state index >= 15 is 0 Å². The number of hydrogen-bond donors (Lipinski definition) is 0. The van der Waals surface area contributed by atoms with Crippen LogP contribution in [0.25, 0.3) is 0 Å². The second-order valence-corrected chi connectivity index (χ2v) is 4.48. The van der Waals surface area contributed by atoms with Gasteiger partial charge < -0.3 is 4.74 Å². The van der Waals surface area contributed by atoms with Crippen LogP contribution in [0, 0.1) is 0 Å². The highest BCUT2D eigenvalue weighted by atomic mass is 35.5. The van der Waals surface area contributed by atoms with E-state index in [4.69, 9.17) is 11.6 Å². The summed E-state index contributed by atoms with van der Waals surface area (Å²) in [4.78, 5) is 10.8. The molecule has 0 saturated carbocycles. The van der Waals surface area contributed by atoms with Gasteiger partial charge in [-0.15, -0.1) is 11.6 Å². The summed E-state index contributed by atoms with van der Waals surface area (Å²) in [7, 11) is 0. The number of esters is 1. The van der Waals surface area contributed by atoms with Gasteiger partial charge in [0.15, 0.2) is 6.10 Å². The summed E-state index contributed by atoms with van der Waals surface area (Å²) < 4.78 is 41.9. The molecule has 0 bridgehead atoms. The van der Waals surface area contributed by atoms with Gasteiger partial charge in [-0.3, -0.25) is 4.79 Å². The summed E-state index contributed by atoms with van der Waals surface area (Å²) in [6.45, 7) is 2.07. The standard InChI is InChI=1S/C12H20ClF3O2/c1-2-3-4-5-6-7-8-10(12(14,15)16)18-11(17)9-13/h10H,2-9H2,1H3. The predicted molar refractivity (Wildman–Crippen MR) is 64.6 cm³/mol. The van der Waals surface area contributed by atoms with Crippen LogP contribution in [0.1, 0.15) is 51.9 Å². The fourth-order valence-electron chi connectivity index (χ4n) is 1.59. The highest BCUT2D eigenvalue weighted by Gasteiger charge is 2.42. The van der Waals surface area contributed by atoms with Gasteiger partial charge in [0.25, 0.3) is 0 Å². The van der Waals surface area contributed by atoms with Crippen LogP contribution in [0.3, 0.4) is 0 Å². The average molecular weight is 289 g/mol. The summed E-state index contributed by atoms with van der Waals surface area (Å²) in [6, 6.07) is 0. The number of rotatable bonds is 9. The number of ether oxygens (including phenoxy) is 1. The van der Waals surface area contributed by atoms with Crippen molar-refractivity contribution in [2.24, 2.45) is 0 Å². The molecule has 0 aliphatic heterocycles. The molecule has 1 atom stereocenters. The Hall–Kier alpha value is -0.450. The summed E-state index contributed by atoms with van der Waals surface area (Å²) in [6.07, 6.45) is -1.42. The molecule has 18 heavy (non-hydrogen) atoms. The van der Waals surface area contributed by atoms with Crippen LogP contribution >= 0.6 is 11.6 Å². The third kappa shape index (κ3) is 8.61. The SMILES string of the molecule is CCCCCCCCC(OC(=O)CCl)C(F)(F)F. The first-order chi connectivity index (χ1) is 8.41. The van der Waals surface area contributed by atoms with Crippen LogP contribution in [-0.2, 0) is 9.53 Å². The Morgan fingerprint density at radius 3 is 2.22 bits per heavy atom. The molecular formula is C12H20ClF3O2. The molecule has 0 aromatic carbocycles. The van der Waals surface area contributed by atoms with E-state index in [1.54, 1.807) is 0 Å². The van der Waals surface area contributed by atoms with Crippen LogP contribution in [0.4, 0.5) is 13.2 Å². The fraction of sp³-hybridized carbons (Fsp3) is 0.917. The molecule has 2 nitrogen and oxygen atoms in total. The third-order valence-corrected chi connectivity index (χ3v) is 2.79. The topological polar surface area (TPSA) is 26.3 Å². The summed E-state index contributed by atoms with van der Waals surface area (Å²) in [5.41, 5.74) is 0. The monoisotopic (exact) mass is 288 g/mol. The quantitative estimate of drug-likeness (QED) is 0.356. The van der Waals surface area contributed by atoms with Gasteiger partial charge in [-0.05, 0) is 12.8 Å². The minimum atomic E-state index is -4.51. The minimum absolute atomic E-state index is 0.182. The van der Waals surface area contributed by atoms with Crippen LogP contribution in [0.15, 0.2) is 0 Å². The van der Waals surface area contributed by atoms with Crippen molar-refractivity contribution in [3.05, 3.63) is 0 Å². The van der Waals surface area contributed by atoms with Crippen molar-refractivity contribution in [3.63, 3.8) is 0 Å². The van der Waals surface area contributed by atoms with E-state index in [1.165, 1.54) is 0 Å². The van der Waals surface area contributed by atoms with Gasteiger partial charge in [-0.1, -0.05) is 39.0 Å². The molecule has 0 N–H and O–H groups in total. The highest BCUT2D eigenvalue weighted by molar-refractivity contribution is 6.26. The largest absolute Gasteiger partial charge is 0.452 e. The molecule has 0 saturated heterocycles. The summed E-state index contributed by atoms with van der Waals surface area (Å²) in [5, 5.41) is 0. The number of unbranched alkanes of at least 4 members (excludes halogenated alkanes) is 5. The third-order valence-electron chi connectivity index (χ3n) is 2.57. The van der Waals surface area contributed by atoms with E-state index in [1.807, 2.05) is 0 Å². The molecule has 0 aromatic heterocycles. The zero-order valence-corrected chi connectivity index (χ0v) is 11.3. The van der Waals surface area contributed by atoms with Gasteiger partial charge in [0.2, 0.25) is 0 Å². The van der Waals surface area contributed by atoms with Crippen molar-refractivity contribution < 1.29 is 22.7 Å². The Balaban J connectivity index is 3.92. The lowest BCUT2D eigenvalue weighted by molar-refractivity contribution is -0.221. The lowest BCUT2D eigenvalue weighted by Gasteiger charge is -2.20. The van der Waals surface area contributed by atoms with Crippen molar-refractivity contribution in [2.45, 2.75) is 64.1 Å². The Morgan fingerprint density at radius 1 is 1.17 bits per heavy atom. The first-order valence-corrected chi connectivity index (χ1v) is 6.77. The van der Waals surface area contributed by atoms with Crippen molar-refractivity contribution >= 4 is 17.6 Å². The van der Waals surface area contributed by atoms with Crippen molar-refractivity contribution in [1.29, 1.82) is 0 Å². The zero-order chi connectivity index (χ0) is 14.0. The van der Waals surface area contributed by atoms with Crippen LogP contribution in [0.2, 0.25) is 0 Å². The lowest BCUT2D eigenvalue weighted by atomic mass is 10.1. The van der Waals surface area contributed by atoms with Crippen LogP contribution in [0.5, 0.6) is 0 Å². The molecule has 6 heteroatoms. The van der Waals surface area contributed by atoms with E-state index in [9.17, 15) is 18.0 Å². The molecular weight excluding hydrogens is 269 g/mol. The van der Waals surface area contributed by atoms with E-state index < -0.39 is 24.1 Å². The first kappa shape index (κ1) is 17.6. The number of halogens is 4. The normalized spacial score (nSPS) is 13.4. The summed E-state index contributed by atoms with van der Waals surface area (Å²) in [5.74, 6) is -1.58. The molecule has 0 aliphatic rings. The van der Waals surface area contributed by atoms with E-state index in [0.29, 0.717) is 6.42 Å². The molecule has 0 amide bonds. The Kier molecular flexibility index (Phi) is 9.24. The van der Waals surface area contributed by atoms with E-state index in [0.717, 1.165) is 32.1 Å². The van der Waals surface area contributed by atoms with Gasteiger partial charge in [0, 0.05) is 0 Å². The average Bonchev–Trinajstić information content (AvgIpc) is 2.30. The van der Waals surface area contributed by atoms with Gasteiger partial charge in [-0.25, -0.2) is 0 Å². The van der Waals surface area contributed by atoms with Gasteiger partial charge in [0.05, 0.1) is 0 Å². The van der Waals surface area contributed by atoms with Crippen LogP contribution < -0.4 is 0 Å². The van der Waals surface area contributed by atoms with Crippen molar-refractivity contribution in [3.8, 4) is 0 Å². The molecule has 0 rings (SSSR count). The fourth-order valence-corrected chi connectivity index (χ4v) is 1.65. The van der Waals surface area contributed by atoms with Crippen molar-refractivity contribution in [2.75, 3.05) is 5.88 Å². The number of carbonyl (C=O) groups excluding carboxylic acids is 1. The van der Waals surface area contributed by atoms with E-state index in [2.05, 4.69) is 11.7 Å². The molecule has 1 unspecified atom stereocenters. The molecule has 108 valence electrons. The molecule has 0 aliphatic carbocycles. The molecule has 0 aromatic rings. The molecule has 0 spiro atoms. The highest BCUT2D eigenvalue weighted by Crippen LogP contribution is 2.27. The summed E-state index contributed by atoms with van der Waals surface area (Å²) >= 11 is 5.12. The second kappa shape index (κ2) is 9.48. The second-order valence-electron chi connectivity index (χ2n) is 4.21. The Morgan fingerprint density at radius 2 is 1.72 bits per heavy atom. The van der Waals surface area contributed by atoms with Crippen LogP contribution in [-0.4, -0.2) is 24.1 Å². The maximum atomic E-state index is 12.5. The number of alkyl halides is 4. The molecule has 0 heterocycles. The van der Waals surface area contributed by atoms with Gasteiger partial charge in [0.1, 0.15) is 5.88 Å². The zero-order valence-electron chi connectivity index (χ0n) is 10.6. The first-order valence-electron chi connectivity index (χ1n) is 6.24. The minimum Gasteiger partial charge on any atom is -0.452 e.